The molecule has 16 heavy (non-hydrogen) atoms. The minimum atomic E-state index is 0.973. The van der Waals surface area contributed by atoms with Crippen LogP contribution in [0, 0.1) is 6.92 Å². The lowest BCUT2D eigenvalue weighted by atomic mass is 10.2. The third kappa shape index (κ3) is 3.42. The molecule has 0 aliphatic carbocycles. The predicted molar refractivity (Wildman–Crippen MR) is 76.5 cm³/mol. The Hall–Kier alpha value is -0.160. The molecule has 1 nitrogen and oxygen atoms in total. The molecule has 0 unspecified atom stereocenters. The first-order valence-corrected chi connectivity index (χ1v) is 7.77. The summed E-state index contributed by atoms with van der Waals surface area (Å²) < 4.78 is 1.25. The van der Waals surface area contributed by atoms with E-state index < -0.39 is 0 Å². The molecule has 0 fully saturated rings. The Bertz CT molecular complexity index is 414. The lowest BCUT2D eigenvalue weighted by Crippen LogP contribution is -2.15. The average molecular weight is 316 g/mol. The van der Waals surface area contributed by atoms with Crippen LogP contribution >= 0.6 is 38.6 Å². The molecule has 0 radical (unpaired) electrons. The van der Waals surface area contributed by atoms with Gasteiger partial charge in [0.05, 0.1) is 3.79 Å². The summed E-state index contributed by atoms with van der Waals surface area (Å²) in [4.78, 5) is 1.40. The second-order valence-electron chi connectivity index (χ2n) is 3.73. The lowest BCUT2D eigenvalue weighted by Gasteiger charge is -2.01. The summed E-state index contributed by atoms with van der Waals surface area (Å²) in [6.07, 6.45) is 1.12. The highest BCUT2D eigenvalue weighted by Crippen LogP contribution is 2.27. The van der Waals surface area contributed by atoms with Crippen LogP contribution in [0.2, 0.25) is 0 Å². The summed E-state index contributed by atoms with van der Waals surface area (Å²) >= 11 is 7.13. The van der Waals surface area contributed by atoms with Gasteiger partial charge in [-0.25, -0.2) is 0 Å². The van der Waals surface area contributed by atoms with E-state index in [1.54, 1.807) is 11.3 Å². The fourth-order valence-corrected chi connectivity index (χ4v) is 3.79. The molecule has 4 heteroatoms. The maximum Gasteiger partial charge on any atom is 0.0730 e. The Kier molecular flexibility index (Phi) is 4.58. The molecule has 0 atom stereocenters. The maximum atomic E-state index is 3.55. The molecular weight excluding hydrogens is 302 g/mol. The van der Waals surface area contributed by atoms with Gasteiger partial charge in [0.15, 0.2) is 0 Å². The molecule has 2 aromatic heterocycles. The molecule has 2 rings (SSSR count). The third-order valence-electron chi connectivity index (χ3n) is 2.38. The molecule has 2 aromatic rings. The van der Waals surface area contributed by atoms with E-state index in [0.717, 1.165) is 19.5 Å². The van der Waals surface area contributed by atoms with Gasteiger partial charge < -0.3 is 5.32 Å². The Labute approximate surface area is 113 Å². The first-order valence-electron chi connectivity index (χ1n) is 5.22. The zero-order chi connectivity index (χ0) is 11.4. The third-order valence-corrected chi connectivity index (χ3v) is 5.25. The first-order chi connectivity index (χ1) is 7.75. The molecule has 0 aliphatic rings. The van der Waals surface area contributed by atoms with Gasteiger partial charge in [0, 0.05) is 11.4 Å². The SMILES string of the molecule is Cc1cc(CNCCc2ccsc2)sc1Br. The van der Waals surface area contributed by atoms with E-state index in [1.807, 2.05) is 11.3 Å². The van der Waals surface area contributed by atoms with Crippen molar-refractivity contribution in [3.05, 3.63) is 42.7 Å². The molecule has 0 spiro atoms. The second-order valence-corrected chi connectivity index (χ2v) is 6.96. The number of thiophene rings is 2. The number of halogens is 1. The standard InChI is InChI=1S/C12H14BrNS2/c1-9-6-11(16-12(9)13)7-14-4-2-10-3-5-15-8-10/h3,5-6,8,14H,2,4,7H2,1H3. The van der Waals surface area contributed by atoms with E-state index >= 15 is 0 Å². The molecule has 2 heterocycles. The van der Waals surface area contributed by atoms with E-state index in [1.165, 1.54) is 19.8 Å². The van der Waals surface area contributed by atoms with Gasteiger partial charge in [-0.15, -0.1) is 11.3 Å². The van der Waals surface area contributed by atoms with Crippen molar-refractivity contribution in [2.24, 2.45) is 0 Å². The summed E-state index contributed by atoms with van der Waals surface area (Å²) in [7, 11) is 0. The van der Waals surface area contributed by atoms with Gasteiger partial charge in [-0.2, -0.15) is 11.3 Å². The average Bonchev–Trinajstić information content (AvgIpc) is 2.85. The summed E-state index contributed by atoms with van der Waals surface area (Å²) in [5.41, 5.74) is 2.76. The number of rotatable bonds is 5. The van der Waals surface area contributed by atoms with E-state index in [9.17, 15) is 0 Å². The molecule has 0 bridgehead atoms. The molecule has 0 aliphatic heterocycles. The fraction of sp³-hybridized carbons (Fsp3) is 0.333. The van der Waals surface area contributed by atoms with Crippen molar-refractivity contribution in [3.63, 3.8) is 0 Å². The van der Waals surface area contributed by atoms with Gasteiger partial charge in [-0.05, 0) is 69.8 Å². The summed E-state index contributed by atoms with van der Waals surface area (Å²) in [5, 5.41) is 7.82. The Morgan fingerprint density at radius 2 is 2.31 bits per heavy atom. The highest BCUT2D eigenvalue weighted by molar-refractivity contribution is 9.11. The minimum Gasteiger partial charge on any atom is -0.312 e. The smallest absolute Gasteiger partial charge is 0.0730 e. The van der Waals surface area contributed by atoms with Crippen molar-refractivity contribution < 1.29 is 0 Å². The van der Waals surface area contributed by atoms with Crippen molar-refractivity contribution >= 4 is 38.6 Å². The second kappa shape index (κ2) is 5.96. The van der Waals surface area contributed by atoms with Crippen LogP contribution in [-0.2, 0) is 13.0 Å². The van der Waals surface area contributed by atoms with Gasteiger partial charge in [0.1, 0.15) is 0 Å². The normalized spacial score (nSPS) is 10.9. The molecule has 86 valence electrons. The van der Waals surface area contributed by atoms with Crippen LogP contribution in [0.4, 0.5) is 0 Å². The lowest BCUT2D eigenvalue weighted by molar-refractivity contribution is 0.694. The van der Waals surface area contributed by atoms with Gasteiger partial charge in [-0.3, -0.25) is 0 Å². The van der Waals surface area contributed by atoms with Crippen LogP contribution in [-0.4, -0.2) is 6.54 Å². The first kappa shape index (κ1) is 12.3. The molecule has 0 aromatic carbocycles. The van der Waals surface area contributed by atoms with Crippen LogP contribution < -0.4 is 5.32 Å². The number of nitrogens with one attached hydrogen (secondary N) is 1. The van der Waals surface area contributed by atoms with Crippen molar-refractivity contribution in [3.8, 4) is 0 Å². The van der Waals surface area contributed by atoms with Gasteiger partial charge in [-0.1, -0.05) is 0 Å². The maximum absolute atomic E-state index is 3.55. The molecular formula is C12H14BrNS2. The van der Waals surface area contributed by atoms with E-state index in [0.29, 0.717) is 0 Å². The molecule has 0 saturated carbocycles. The van der Waals surface area contributed by atoms with E-state index in [2.05, 4.69) is 51.1 Å². The van der Waals surface area contributed by atoms with Crippen LogP contribution in [0.3, 0.4) is 0 Å². The highest BCUT2D eigenvalue weighted by Gasteiger charge is 2.02. The topological polar surface area (TPSA) is 12.0 Å². The van der Waals surface area contributed by atoms with E-state index in [-0.39, 0.29) is 0 Å². The van der Waals surface area contributed by atoms with Crippen molar-refractivity contribution in [1.29, 1.82) is 0 Å². The quantitative estimate of drug-likeness (QED) is 0.815. The summed E-state index contributed by atoms with van der Waals surface area (Å²) in [5.74, 6) is 0. The molecule has 0 amide bonds. The van der Waals surface area contributed by atoms with Gasteiger partial charge in [0.2, 0.25) is 0 Å². The summed E-state index contributed by atoms with van der Waals surface area (Å²) in [6.45, 7) is 4.15. The van der Waals surface area contributed by atoms with Gasteiger partial charge in [0.25, 0.3) is 0 Å². The zero-order valence-corrected chi connectivity index (χ0v) is 12.3. The summed E-state index contributed by atoms with van der Waals surface area (Å²) in [6, 6.07) is 4.44. The number of hydrogen-bond acceptors (Lipinski definition) is 3. The van der Waals surface area contributed by atoms with Gasteiger partial charge >= 0.3 is 0 Å². The molecule has 1 N–H and O–H groups in total. The Morgan fingerprint density at radius 3 is 2.94 bits per heavy atom. The van der Waals surface area contributed by atoms with Crippen molar-refractivity contribution in [2.75, 3.05) is 6.54 Å². The molecule has 0 saturated heterocycles. The zero-order valence-electron chi connectivity index (χ0n) is 9.13. The number of aryl methyl sites for hydroxylation is 1. The van der Waals surface area contributed by atoms with E-state index in [4.69, 9.17) is 0 Å². The van der Waals surface area contributed by atoms with Crippen molar-refractivity contribution in [2.45, 2.75) is 19.9 Å². The van der Waals surface area contributed by atoms with Crippen molar-refractivity contribution in [1.82, 2.24) is 5.32 Å². The number of hydrogen-bond donors (Lipinski definition) is 1. The van der Waals surface area contributed by atoms with Crippen LogP contribution in [0.5, 0.6) is 0 Å². The van der Waals surface area contributed by atoms with Crippen LogP contribution in [0.1, 0.15) is 16.0 Å². The minimum absolute atomic E-state index is 0.973. The van der Waals surface area contributed by atoms with Crippen LogP contribution in [0.25, 0.3) is 0 Å². The Balaban J connectivity index is 1.72. The largest absolute Gasteiger partial charge is 0.312 e. The fourth-order valence-electron chi connectivity index (χ4n) is 1.49. The predicted octanol–water partition coefficient (Wildman–Crippen LogP) is 4.21. The Morgan fingerprint density at radius 1 is 1.44 bits per heavy atom. The highest BCUT2D eigenvalue weighted by atomic mass is 79.9. The monoisotopic (exact) mass is 315 g/mol. The van der Waals surface area contributed by atoms with Crippen LogP contribution in [0.15, 0.2) is 26.7 Å².